The molecular formula is C11H10Br2. The Labute approximate surface area is 95.2 Å². The van der Waals surface area contributed by atoms with E-state index in [-0.39, 0.29) is 0 Å². The zero-order valence-corrected chi connectivity index (χ0v) is 10.5. The summed E-state index contributed by atoms with van der Waals surface area (Å²) in [7, 11) is 0. The average molecular weight is 302 g/mol. The SMILES string of the molecule is Brc1ccc2ccccc2c1.CBr. The summed E-state index contributed by atoms with van der Waals surface area (Å²) < 4.78 is 1.14. The fourth-order valence-electron chi connectivity index (χ4n) is 1.16. The molecule has 68 valence electrons. The molecule has 2 aromatic carbocycles. The topological polar surface area (TPSA) is 0 Å². The van der Waals surface area contributed by atoms with Crippen LogP contribution in [0.1, 0.15) is 0 Å². The lowest BCUT2D eigenvalue weighted by Crippen LogP contribution is -1.69. The summed E-state index contributed by atoms with van der Waals surface area (Å²) in [5, 5.41) is 2.57. The van der Waals surface area contributed by atoms with Gasteiger partial charge in [0.15, 0.2) is 0 Å². The van der Waals surface area contributed by atoms with E-state index in [4.69, 9.17) is 0 Å². The van der Waals surface area contributed by atoms with Crippen molar-refractivity contribution in [1.82, 2.24) is 0 Å². The van der Waals surface area contributed by atoms with Gasteiger partial charge in [-0.3, -0.25) is 0 Å². The van der Waals surface area contributed by atoms with Crippen LogP contribution in [0.15, 0.2) is 46.9 Å². The van der Waals surface area contributed by atoms with Crippen molar-refractivity contribution in [2.75, 3.05) is 5.83 Å². The predicted octanol–water partition coefficient (Wildman–Crippen LogP) is 4.61. The van der Waals surface area contributed by atoms with Gasteiger partial charge in [0.25, 0.3) is 0 Å². The summed E-state index contributed by atoms with van der Waals surface area (Å²) in [6.07, 6.45) is 0. The Kier molecular flexibility index (Phi) is 4.46. The molecule has 0 saturated carbocycles. The molecule has 0 aliphatic heterocycles. The van der Waals surface area contributed by atoms with Crippen molar-refractivity contribution >= 4 is 42.6 Å². The Morgan fingerprint density at radius 3 is 2.15 bits per heavy atom. The van der Waals surface area contributed by atoms with E-state index in [9.17, 15) is 0 Å². The van der Waals surface area contributed by atoms with Gasteiger partial charge in [-0.25, -0.2) is 0 Å². The van der Waals surface area contributed by atoms with Crippen LogP contribution in [-0.4, -0.2) is 5.83 Å². The summed E-state index contributed by atoms with van der Waals surface area (Å²) >= 11 is 6.37. The third-order valence-corrected chi connectivity index (χ3v) is 2.20. The highest BCUT2D eigenvalue weighted by Crippen LogP contribution is 2.18. The van der Waals surface area contributed by atoms with Crippen LogP contribution in [0, 0.1) is 0 Å². The smallest absolute Gasteiger partial charge is 0.0181 e. The predicted molar refractivity (Wildman–Crippen MR) is 66.5 cm³/mol. The summed E-state index contributed by atoms with van der Waals surface area (Å²) in [5.74, 6) is 1.81. The van der Waals surface area contributed by atoms with Gasteiger partial charge >= 0.3 is 0 Å². The molecule has 0 saturated heterocycles. The van der Waals surface area contributed by atoms with E-state index in [0.29, 0.717) is 0 Å². The average Bonchev–Trinajstić information content (AvgIpc) is 2.21. The highest BCUT2D eigenvalue weighted by molar-refractivity contribution is 9.10. The van der Waals surface area contributed by atoms with Gasteiger partial charge in [0.2, 0.25) is 0 Å². The highest BCUT2D eigenvalue weighted by Gasteiger charge is 1.90. The van der Waals surface area contributed by atoms with Crippen LogP contribution in [0.5, 0.6) is 0 Å². The lowest BCUT2D eigenvalue weighted by molar-refractivity contribution is 1.70. The van der Waals surface area contributed by atoms with Crippen molar-refractivity contribution in [3.63, 3.8) is 0 Å². The first kappa shape index (κ1) is 10.7. The van der Waals surface area contributed by atoms with Crippen molar-refractivity contribution in [3.05, 3.63) is 46.9 Å². The van der Waals surface area contributed by atoms with Gasteiger partial charge in [-0.05, 0) is 28.7 Å². The minimum Gasteiger partial charge on any atom is -0.0966 e. The molecule has 0 bridgehead atoms. The van der Waals surface area contributed by atoms with Crippen molar-refractivity contribution in [2.45, 2.75) is 0 Å². The van der Waals surface area contributed by atoms with Crippen LogP contribution in [0.4, 0.5) is 0 Å². The minimum absolute atomic E-state index is 1.14. The van der Waals surface area contributed by atoms with Gasteiger partial charge in [-0.1, -0.05) is 62.2 Å². The van der Waals surface area contributed by atoms with Gasteiger partial charge < -0.3 is 0 Å². The summed E-state index contributed by atoms with van der Waals surface area (Å²) in [4.78, 5) is 0. The molecule has 0 atom stereocenters. The van der Waals surface area contributed by atoms with Crippen molar-refractivity contribution < 1.29 is 0 Å². The zero-order valence-electron chi connectivity index (χ0n) is 7.30. The second kappa shape index (κ2) is 5.40. The minimum atomic E-state index is 1.14. The highest BCUT2D eigenvalue weighted by atomic mass is 79.9. The third-order valence-electron chi connectivity index (χ3n) is 1.71. The van der Waals surface area contributed by atoms with Crippen molar-refractivity contribution in [1.29, 1.82) is 0 Å². The molecule has 0 nitrogen and oxygen atoms in total. The number of halogens is 2. The molecule has 0 aliphatic rings. The molecule has 0 fully saturated rings. The molecule has 2 rings (SSSR count). The van der Waals surface area contributed by atoms with E-state index in [0.717, 1.165) is 4.47 Å². The molecule has 13 heavy (non-hydrogen) atoms. The molecule has 0 unspecified atom stereocenters. The Bertz CT molecular complexity index is 383. The summed E-state index contributed by atoms with van der Waals surface area (Å²) in [5.41, 5.74) is 0. The Balaban J connectivity index is 0.000000396. The van der Waals surface area contributed by atoms with Crippen LogP contribution in [0.2, 0.25) is 0 Å². The molecule has 2 aromatic rings. The molecule has 2 heteroatoms. The molecule has 0 amide bonds. The Hall–Kier alpha value is -0.340. The fraction of sp³-hybridized carbons (Fsp3) is 0.0909. The largest absolute Gasteiger partial charge is 0.0966 e. The second-order valence-corrected chi connectivity index (χ2v) is 3.41. The maximum Gasteiger partial charge on any atom is 0.0181 e. The van der Waals surface area contributed by atoms with Crippen molar-refractivity contribution in [3.8, 4) is 0 Å². The number of hydrogen-bond acceptors (Lipinski definition) is 0. The van der Waals surface area contributed by atoms with E-state index in [1.54, 1.807) is 0 Å². The molecule has 0 aromatic heterocycles. The van der Waals surface area contributed by atoms with E-state index >= 15 is 0 Å². The zero-order chi connectivity index (χ0) is 9.68. The van der Waals surface area contributed by atoms with Gasteiger partial charge in [0.05, 0.1) is 0 Å². The number of hydrogen-bond donors (Lipinski definition) is 0. The van der Waals surface area contributed by atoms with Gasteiger partial charge in [0, 0.05) is 4.47 Å². The number of benzene rings is 2. The quantitative estimate of drug-likeness (QED) is 0.623. The molecule has 0 heterocycles. The number of rotatable bonds is 0. The normalized spacial score (nSPS) is 9.15. The molecule has 0 aliphatic carbocycles. The molecule has 0 spiro atoms. The summed E-state index contributed by atoms with van der Waals surface area (Å²) in [6, 6.07) is 14.6. The number of alkyl halides is 1. The fourth-order valence-corrected chi connectivity index (χ4v) is 1.54. The maximum absolute atomic E-state index is 3.43. The van der Waals surface area contributed by atoms with Crippen LogP contribution < -0.4 is 0 Å². The first-order chi connectivity index (χ1) is 6.36. The van der Waals surface area contributed by atoms with E-state index in [1.807, 2.05) is 5.83 Å². The van der Waals surface area contributed by atoms with Crippen LogP contribution in [-0.2, 0) is 0 Å². The van der Waals surface area contributed by atoms with E-state index in [2.05, 4.69) is 74.3 Å². The summed E-state index contributed by atoms with van der Waals surface area (Å²) in [6.45, 7) is 0. The van der Waals surface area contributed by atoms with E-state index in [1.165, 1.54) is 10.8 Å². The maximum atomic E-state index is 3.43. The third kappa shape index (κ3) is 2.82. The standard InChI is InChI=1S/C10H7Br.CH3Br/c11-10-6-5-8-3-1-2-4-9(8)7-10;1-2/h1-7H;1H3. The molecule has 0 radical (unpaired) electrons. The van der Waals surface area contributed by atoms with Gasteiger partial charge in [0.1, 0.15) is 0 Å². The van der Waals surface area contributed by atoms with Crippen molar-refractivity contribution in [2.24, 2.45) is 0 Å². The van der Waals surface area contributed by atoms with E-state index < -0.39 is 0 Å². The Morgan fingerprint density at radius 1 is 0.846 bits per heavy atom. The van der Waals surface area contributed by atoms with Crippen LogP contribution >= 0.6 is 31.9 Å². The Morgan fingerprint density at radius 2 is 1.46 bits per heavy atom. The van der Waals surface area contributed by atoms with Gasteiger partial charge in [-0.2, -0.15) is 0 Å². The molecular weight excluding hydrogens is 292 g/mol. The van der Waals surface area contributed by atoms with Gasteiger partial charge in [-0.15, -0.1) is 0 Å². The molecule has 0 N–H and O–H groups in total. The monoisotopic (exact) mass is 300 g/mol. The van der Waals surface area contributed by atoms with Crippen LogP contribution in [0.25, 0.3) is 10.8 Å². The second-order valence-electron chi connectivity index (χ2n) is 2.49. The van der Waals surface area contributed by atoms with Crippen LogP contribution in [0.3, 0.4) is 0 Å². The first-order valence-corrected chi connectivity index (χ1v) is 6.26. The lowest BCUT2D eigenvalue weighted by atomic mass is 10.1. The number of fused-ring (bicyclic) bond motifs is 1. The first-order valence-electron chi connectivity index (χ1n) is 3.88. The lowest BCUT2D eigenvalue weighted by Gasteiger charge is -1.95.